The number of aliphatic hydroxyl groups is 1. The van der Waals surface area contributed by atoms with E-state index < -0.39 is 0 Å². The van der Waals surface area contributed by atoms with Gasteiger partial charge in [-0.1, -0.05) is 42.5 Å². The summed E-state index contributed by atoms with van der Waals surface area (Å²) in [7, 11) is 1.76. The van der Waals surface area contributed by atoms with Crippen LogP contribution in [0.25, 0.3) is 0 Å². The van der Waals surface area contributed by atoms with Crippen molar-refractivity contribution in [1.82, 2.24) is 9.80 Å². The average molecular weight is 438 g/mol. The summed E-state index contributed by atoms with van der Waals surface area (Å²) in [5.74, 6) is 0.970. The topological polar surface area (TPSA) is 39.2 Å². The maximum atomic E-state index is 9.68. The highest BCUT2D eigenvalue weighted by Gasteiger charge is 2.32. The van der Waals surface area contributed by atoms with E-state index >= 15 is 0 Å². The van der Waals surface area contributed by atoms with E-state index in [1.165, 1.54) is 30.5 Å². The smallest absolute Gasteiger partial charge is 0.142 e. The Labute approximate surface area is 193 Å². The van der Waals surface area contributed by atoms with Crippen LogP contribution in [0, 0.1) is 0 Å². The van der Waals surface area contributed by atoms with Gasteiger partial charge in [-0.25, -0.2) is 0 Å². The summed E-state index contributed by atoms with van der Waals surface area (Å²) in [6.07, 6.45) is 5.58. The molecule has 2 aromatic rings. The molecule has 174 valence electrons. The van der Waals surface area contributed by atoms with Gasteiger partial charge in [0.2, 0.25) is 0 Å². The maximum Gasteiger partial charge on any atom is 0.142 e. The molecule has 0 bridgehead atoms. The highest BCUT2D eigenvalue weighted by molar-refractivity contribution is 5.58. The molecule has 32 heavy (non-hydrogen) atoms. The van der Waals surface area contributed by atoms with Gasteiger partial charge in [0.05, 0.1) is 12.8 Å². The number of nitrogens with zero attached hydrogens (tertiary/aromatic N) is 3. The lowest BCUT2D eigenvalue weighted by Crippen LogP contribution is -2.57. The highest BCUT2D eigenvalue weighted by Crippen LogP contribution is 2.31. The van der Waals surface area contributed by atoms with E-state index in [0.717, 1.165) is 57.9 Å². The van der Waals surface area contributed by atoms with Crippen LogP contribution in [-0.4, -0.2) is 80.0 Å². The Bertz CT molecular complexity index is 808. The molecule has 0 saturated carbocycles. The van der Waals surface area contributed by atoms with Crippen molar-refractivity contribution in [3.63, 3.8) is 0 Å². The lowest BCUT2D eigenvalue weighted by Gasteiger charge is -2.47. The summed E-state index contributed by atoms with van der Waals surface area (Å²) in [5.41, 5.74) is 2.64. The van der Waals surface area contributed by atoms with E-state index in [0.29, 0.717) is 12.1 Å². The third-order valence-electron chi connectivity index (χ3n) is 7.26. The normalized spacial score (nSPS) is 21.1. The number of piperidine rings is 1. The summed E-state index contributed by atoms with van der Waals surface area (Å²) in [6, 6.07) is 20.3. The first kappa shape index (κ1) is 23.1. The van der Waals surface area contributed by atoms with Crippen molar-refractivity contribution in [3.8, 4) is 5.75 Å². The van der Waals surface area contributed by atoms with Crippen molar-refractivity contribution in [2.75, 3.05) is 57.9 Å². The first-order chi connectivity index (χ1) is 15.8. The van der Waals surface area contributed by atoms with Gasteiger partial charge in [0.1, 0.15) is 5.75 Å². The number of anilines is 1. The third-order valence-corrected chi connectivity index (χ3v) is 7.26. The van der Waals surface area contributed by atoms with E-state index in [1.54, 1.807) is 7.11 Å². The zero-order chi connectivity index (χ0) is 22.2. The van der Waals surface area contributed by atoms with Crippen LogP contribution in [0.15, 0.2) is 54.6 Å². The van der Waals surface area contributed by atoms with Crippen molar-refractivity contribution in [2.24, 2.45) is 0 Å². The maximum absolute atomic E-state index is 9.68. The molecule has 0 aromatic heterocycles. The van der Waals surface area contributed by atoms with Crippen LogP contribution in [0.2, 0.25) is 0 Å². The molecule has 0 radical (unpaired) electrons. The van der Waals surface area contributed by atoms with Gasteiger partial charge in [-0.15, -0.1) is 0 Å². The number of piperazine rings is 1. The predicted molar refractivity (Wildman–Crippen MR) is 132 cm³/mol. The van der Waals surface area contributed by atoms with Crippen molar-refractivity contribution in [2.45, 2.75) is 44.2 Å². The number of rotatable bonds is 9. The standard InChI is InChI=1S/C27H39N3O2/c1-32-27-12-6-5-11-26(27)29-17-13-24(14-18-29)30-20-19-28(25(22-30)15-21-31)16-7-10-23-8-3-2-4-9-23/h2-6,8-9,11-12,24-25,31H,7,10,13-22H2,1H3. The van der Waals surface area contributed by atoms with E-state index in [2.05, 4.69) is 63.2 Å². The Morgan fingerprint density at radius 3 is 2.44 bits per heavy atom. The molecule has 1 atom stereocenters. The number of ether oxygens (including phenoxy) is 1. The number of aliphatic hydroxyl groups excluding tert-OH is 1. The van der Waals surface area contributed by atoms with Gasteiger partial charge in [0.25, 0.3) is 0 Å². The van der Waals surface area contributed by atoms with Crippen molar-refractivity contribution >= 4 is 5.69 Å². The van der Waals surface area contributed by atoms with Crippen LogP contribution in [0.5, 0.6) is 5.75 Å². The van der Waals surface area contributed by atoms with Crippen molar-refractivity contribution in [3.05, 3.63) is 60.2 Å². The van der Waals surface area contributed by atoms with E-state index in [1.807, 2.05) is 6.07 Å². The van der Waals surface area contributed by atoms with Crippen molar-refractivity contribution < 1.29 is 9.84 Å². The minimum Gasteiger partial charge on any atom is -0.495 e. The van der Waals surface area contributed by atoms with Gasteiger partial charge in [0, 0.05) is 51.4 Å². The summed E-state index contributed by atoms with van der Waals surface area (Å²) in [4.78, 5) is 7.80. The largest absolute Gasteiger partial charge is 0.495 e. The SMILES string of the molecule is COc1ccccc1N1CCC(N2CCN(CCCc3ccccc3)C(CCO)C2)CC1. The summed E-state index contributed by atoms with van der Waals surface area (Å²) in [5, 5.41) is 9.68. The molecule has 0 spiro atoms. The molecule has 0 aliphatic carbocycles. The van der Waals surface area contributed by atoms with Crippen molar-refractivity contribution in [1.29, 1.82) is 0 Å². The minimum absolute atomic E-state index is 0.278. The molecule has 2 saturated heterocycles. The van der Waals surface area contributed by atoms with Crippen LogP contribution in [-0.2, 0) is 6.42 Å². The monoisotopic (exact) mass is 437 g/mol. The zero-order valence-electron chi connectivity index (χ0n) is 19.5. The Kier molecular flexibility index (Phi) is 8.43. The van der Waals surface area contributed by atoms with Gasteiger partial charge in [-0.3, -0.25) is 9.80 Å². The molecule has 1 N–H and O–H groups in total. The molecule has 2 aliphatic heterocycles. The second-order valence-corrected chi connectivity index (χ2v) is 9.18. The second-order valence-electron chi connectivity index (χ2n) is 9.18. The Hall–Kier alpha value is -2.08. The van der Waals surface area contributed by atoms with Gasteiger partial charge in [-0.2, -0.15) is 0 Å². The van der Waals surface area contributed by atoms with Gasteiger partial charge >= 0.3 is 0 Å². The quantitative estimate of drug-likeness (QED) is 0.648. The number of hydrogen-bond donors (Lipinski definition) is 1. The lowest BCUT2D eigenvalue weighted by atomic mass is 9.98. The average Bonchev–Trinajstić information content (AvgIpc) is 2.86. The van der Waals surface area contributed by atoms with E-state index in [9.17, 15) is 5.11 Å². The molecule has 5 nitrogen and oxygen atoms in total. The Morgan fingerprint density at radius 2 is 1.69 bits per heavy atom. The molecule has 2 aromatic carbocycles. The van der Waals surface area contributed by atoms with E-state index in [-0.39, 0.29) is 6.61 Å². The number of methoxy groups -OCH3 is 1. The fourth-order valence-corrected chi connectivity index (χ4v) is 5.46. The van der Waals surface area contributed by atoms with Crippen LogP contribution in [0.1, 0.15) is 31.2 Å². The Morgan fingerprint density at radius 1 is 0.938 bits per heavy atom. The molecule has 2 fully saturated rings. The first-order valence-corrected chi connectivity index (χ1v) is 12.3. The van der Waals surface area contributed by atoms with Gasteiger partial charge < -0.3 is 14.7 Å². The number of para-hydroxylation sites is 2. The summed E-state index contributed by atoms with van der Waals surface area (Å²) in [6.45, 7) is 6.91. The highest BCUT2D eigenvalue weighted by atomic mass is 16.5. The van der Waals surface area contributed by atoms with Crippen LogP contribution in [0.4, 0.5) is 5.69 Å². The zero-order valence-corrected chi connectivity index (χ0v) is 19.5. The van der Waals surface area contributed by atoms with E-state index in [4.69, 9.17) is 4.74 Å². The van der Waals surface area contributed by atoms with Crippen LogP contribution in [0.3, 0.4) is 0 Å². The molecule has 0 amide bonds. The lowest BCUT2D eigenvalue weighted by molar-refractivity contribution is 0.0294. The first-order valence-electron chi connectivity index (χ1n) is 12.3. The number of benzene rings is 2. The Balaban J connectivity index is 1.27. The van der Waals surface area contributed by atoms with Gasteiger partial charge in [0.15, 0.2) is 0 Å². The number of aryl methyl sites for hydroxylation is 1. The van der Waals surface area contributed by atoms with Gasteiger partial charge in [-0.05, 0) is 56.3 Å². The molecule has 4 rings (SSSR count). The predicted octanol–water partition coefficient (Wildman–Crippen LogP) is 3.67. The third kappa shape index (κ3) is 5.83. The summed E-state index contributed by atoms with van der Waals surface area (Å²) >= 11 is 0. The van der Waals surface area contributed by atoms with Crippen LogP contribution < -0.4 is 9.64 Å². The number of hydrogen-bond acceptors (Lipinski definition) is 5. The molecular weight excluding hydrogens is 398 g/mol. The molecule has 5 heteroatoms. The molecular formula is C27H39N3O2. The second kappa shape index (κ2) is 11.7. The fraction of sp³-hybridized carbons (Fsp3) is 0.556. The summed E-state index contributed by atoms with van der Waals surface area (Å²) < 4.78 is 5.57. The molecule has 1 unspecified atom stereocenters. The van der Waals surface area contributed by atoms with Crippen LogP contribution >= 0.6 is 0 Å². The molecule has 2 heterocycles. The minimum atomic E-state index is 0.278. The fourth-order valence-electron chi connectivity index (χ4n) is 5.46. The molecule has 2 aliphatic rings.